The van der Waals surface area contributed by atoms with E-state index in [2.05, 4.69) is 21.7 Å². The second kappa shape index (κ2) is 8.49. The summed E-state index contributed by atoms with van der Waals surface area (Å²) in [5.74, 6) is -3.49. The van der Waals surface area contributed by atoms with Crippen LogP contribution in [0.4, 0.5) is 8.78 Å². The average Bonchev–Trinajstić information content (AvgIpc) is 3.70. The number of Topliss-reactive ketones (excluding diaryl/α,β-unsaturated/α-hetero) is 1. The third kappa shape index (κ3) is 4.54. The first-order valence-corrected chi connectivity index (χ1v) is 11.8. The Kier molecular flexibility index (Phi) is 5.62. The van der Waals surface area contributed by atoms with Crippen LogP contribution in [0.3, 0.4) is 0 Å². The number of halogens is 2. The minimum atomic E-state index is -1.05. The summed E-state index contributed by atoms with van der Waals surface area (Å²) in [6, 6.07) is 5.11. The van der Waals surface area contributed by atoms with Gasteiger partial charge in [0, 0.05) is 29.2 Å². The molecule has 9 heteroatoms. The van der Waals surface area contributed by atoms with Crippen molar-refractivity contribution in [2.24, 2.45) is 17.8 Å². The SMILES string of the molecule is N#CC(CC1CC2(CC2)NC1=O)NC(=O)C(CC(=O)c1cc2ccc(F)c(F)c2[nH]1)CC1CC1. The molecule has 1 aromatic carbocycles. The topological polar surface area (TPSA) is 115 Å². The summed E-state index contributed by atoms with van der Waals surface area (Å²) in [7, 11) is 0. The Bertz CT molecular complexity index is 1210. The zero-order valence-electron chi connectivity index (χ0n) is 18.6. The maximum absolute atomic E-state index is 14.0. The van der Waals surface area contributed by atoms with Crippen LogP contribution in [0.1, 0.15) is 61.9 Å². The number of carbonyl (C=O) groups is 3. The van der Waals surface area contributed by atoms with Crippen LogP contribution in [0.2, 0.25) is 0 Å². The number of rotatable bonds is 9. The van der Waals surface area contributed by atoms with Gasteiger partial charge in [-0.2, -0.15) is 5.26 Å². The molecule has 7 nitrogen and oxygen atoms in total. The first-order valence-electron chi connectivity index (χ1n) is 11.8. The molecule has 2 aliphatic carbocycles. The van der Waals surface area contributed by atoms with Crippen molar-refractivity contribution in [1.29, 1.82) is 5.26 Å². The minimum Gasteiger partial charge on any atom is -0.350 e. The van der Waals surface area contributed by atoms with Gasteiger partial charge in [-0.25, -0.2) is 8.78 Å². The largest absolute Gasteiger partial charge is 0.350 e. The summed E-state index contributed by atoms with van der Waals surface area (Å²) in [4.78, 5) is 40.9. The monoisotopic (exact) mass is 468 g/mol. The van der Waals surface area contributed by atoms with Crippen molar-refractivity contribution in [2.75, 3.05) is 0 Å². The number of amides is 2. The maximum atomic E-state index is 14.0. The molecule has 2 aromatic rings. The predicted octanol–water partition coefficient (Wildman–Crippen LogP) is 3.50. The van der Waals surface area contributed by atoms with E-state index in [4.69, 9.17) is 0 Å². The number of ketones is 1. The highest BCUT2D eigenvalue weighted by Crippen LogP contribution is 2.46. The lowest BCUT2D eigenvalue weighted by atomic mass is 9.92. The Morgan fingerprint density at radius 1 is 1.24 bits per heavy atom. The van der Waals surface area contributed by atoms with Gasteiger partial charge in [0.1, 0.15) is 6.04 Å². The Labute approximate surface area is 195 Å². The van der Waals surface area contributed by atoms with E-state index in [9.17, 15) is 28.4 Å². The van der Waals surface area contributed by atoms with E-state index in [0.29, 0.717) is 24.1 Å². The summed E-state index contributed by atoms with van der Waals surface area (Å²) >= 11 is 0. The Hall–Kier alpha value is -3.28. The van der Waals surface area contributed by atoms with Gasteiger partial charge in [-0.3, -0.25) is 14.4 Å². The number of H-pyrrole nitrogens is 1. The third-order valence-corrected chi connectivity index (χ3v) is 7.35. The van der Waals surface area contributed by atoms with Crippen LogP contribution in [0.15, 0.2) is 18.2 Å². The highest BCUT2D eigenvalue weighted by atomic mass is 19.2. The number of benzene rings is 1. The Balaban J connectivity index is 1.26. The third-order valence-electron chi connectivity index (χ3n) is 7.35. The quantitative estimate of drug-likeness (QED) is 0.489. The van der Waals surface area contributed by atoms with Crippen molar-refractivity contribution < 1.29 is 23.2 Å². The predicted molar refractivity (Wildman–Crippen MR) is 118 cm³/mol. The van der Waals surface area contributed by atoms with Gasteiger partial charge in [-0.1, -0.05) is 12.8 Å². The van der Waals surface area contributed by atoms with E-state index >= 15 is 0 Å². The van der Waals surface area contributed by atoms with Crippen molar-refractivity contribution in [2.45, 2.75) is 62.9 Å². The van der Waals surface area contributed by atoms with Crippen molar-refractivity contribution in [3.8, 4) is 6.07 Å². The molecule has 1 saturated heterocycles. The summed E-state index contributed by atoms with van der Waals surface area (Å²) in [5.41, 5.74) is -0.0732. The number of nitrogens with one attached hydrogen (secondary N) is 3. The zero-order valence-corrected chi connectivity index (χ0v) is 18.6. The standard InChI is InChI=1S/C25H26F2N4O3/c26-18-4-3-14-9-19(30-22(14)21(18)27)20(32)10-15(7-13-1-2-13)23(33)29-17(12-28)8-16-11-25(5-6-25)31-24(16)34/h3-4,9,13,15-17,30H,1-2,5-8,10-11H2,(H,29,33)(H,31,34). The van der Waals surface area contributed by atoms with E-state index in [1.807, 2.05) is 0 Å². The van der Waals surface area contributed by atoms with Crippen LogP contribution in [-0.2, 0) is 9.59 Å². The molecular weight excluding hydrogens is 442 g/mol. The molecule has 3 unspecified atom stereocenters. The molecule has 1 aliphatic heterocycles. The van der Waals surface area contributed by atoms with E-state index < -0.39 is 23.6 Å². The molecule has 0 radical (unpaired) electrons. The normalized spacial score (nSPS) is 22.3. The van der Waals surface area contributed by atoms with Crippen LogP contribution in [-0.4, -0.2) is 34.2 Å². The van der Waals surface area contributed by atoms with Gasteiger partial charge in [-0.15, -0.1) is 0 Å². The number of fused-ring (bicyclic) bond motifs is 1. The molecule has 3 aliphatic rings. The molecule has 0 bridgehead atoms. The number of nitriles is 1. The van der Waals surface area contributed by atoms with Gasteiger partial charge in [0.05, 0.1) is 17.3 Å². The molecule has 2 amide bonds. The van der Waals surface area contributed by atoms with Crippen LogP contribution < -0.4 is 10.6 Å². The van der Waals surface area contributed by atoms with Gasteiger partial charge in [0.25, 0.3) is 0 Å². The fraction of sp³-hybridized carbons (Fsp3) is 0.520. The highest BCUT2D eigenvalue weighted by Gasteiger charge is 2.52. The molecule has 178 valence electrons. The van der Waals surface area contributed by atoms with Crippen LogP contribution in [0, 0.1) is 40.7 Å². The fourth-order valence-corrected chi connectivity index (χ4v) is 5.03. The van der Waals surface area contributed by atoms with E-state index in [-0.39, 0.29) is 53.1 Å². The lowest BCUT2D eigenvalue weighted by Crippen LogP contribution is -2.40. The second-order valence-corrected chi connectivity index (χ2v) is 10.1. The molecule has 1 aromatic heterocycles. The highest BCUT2D eigenvalue weighted by molar-refractivity contribution is 6.01. The first kappa shape index (κ1) is 22.5. The molecule has 2 saturated carbocycles. The summed E-state index contributed by atoms with van der Waals surface area (Å²) < 4.78 is 27.5. The van der Waals surface area contributed by atoms with E-state index in [0.717, 1.165) is 31.7 Å². The summed E-state index contributed by atoms with van der Waals surface area (Å²) in [6.07, 6.45) is 5.22. The molecule has 5 rings (SSSR count). The van der Waals surface area contributed by atoms with Gasteiger partial charge in [0.2, 0.25) is 11.8 Å². The Morgan fingerprint density at radius 2 is 2.00 bits per heavy atom. The van der Waals surface area contributed by atoms with Gasteiger partial charge < -0.3 is 15.6 Å². The second-order valence-electron chi connectivity index (χ2n) is 10.1. The summed E-state index contributed by atoms with van der Waals surface area (Å²) in [6.45, 7) is 0. The van der Waals surface area contributed by atoms with Crippen molar-refractivity contribution in [3.63, 3.8) is 0 Å². The van der Waals surface area contributed by atoms with Gasteiger partial charge >= 0.3 is 0 Å². The van der Waals surface area contributed by atoms with Crippen LogP contribution in [0.5, 0.6) is 0 Å². The summed E-state index contributed by atoms with van der Waals surface area (Å²) in [5, 5.41) is 15.7. The van der Waals surface area contributed by atoms with Crippen molar-refractivity contribution in [3.05, 3.63) is 35.5 Å². The lowest BCUT2D eigenvalue weighted by molar-refractivity contribution is -0.127. The molecule has 1 spiro atoms. The molecule has 3 atom stereocenters. The molecule has 2 heterocycles. The molecule has 3 fully saturated rings. The van der Waals surface area contributed by atoms with E-state index in [1.54, 1.807) is 0 Å². The van der Waals surface area contributed by atoms with Crippen LogP contribution in [0.25, 0.3) is 10.9 Å². The number of hydrogen-bond donors (Lipinski definition) is 3. The lowest BCUT2D eigenvalue weighted by Gasteiger charge is -2.20. The number of nitrogens with zero attached hydrogens (tertiary/aromatic N) is 1. The van der Waals surface area contributed by atoms with Crippen molar-refractivity contribution >= 4 is 28.5 Å². The van der Waals surface area contributed by atoms with Crippen molar-refractivity contribution in [1.82, 2.24) is 15.6 Å². The maximum Gasteiger partial charge on any atom is 0.224 e. The smallest absolute Gasteiger partial charge is 0.224 e. The minimum absolute atomic E-state index is 0.0702. The fourth-order valence-electron chi connectivity index (χ4n) is 5.03. The zero-order chi connectivity index (χ0) is 24.0. The van der Waals surface area contributed by atoms with E-state index in [1.165, 1.54) is 12.1 Å². The molecule has 3 N–H and O–H groups in total. The van der Waals surface area contributed by atoms with Gasteiger partial charge in [0.15, 0.2) is 17.4 Å². The number of aromatic amines is 1. The molecule has 34 heavy (non-hydrogen) atoms. The number of carbonyl (C=O) groups excluding carboxylic acids is 3. The van der Waals surface area contributed by atoms with Gasteiger partial charge in [-0.05, 0) is 56.2 Å². The number of hydrogen-bond acceptors (Lipinski definition) is 4. The van der Waals surface area contributed by atoms with Crippen LogP contribution >= 0.6 is 0 Å². The average molecular weight is 469 g/mol. The molecular formula is C25H26F2N4O3. The number of aromatic nitrogens is 1. The first-order chi connectivity index (χ1) is 16.3. The Morgan fingerprint density at radius 3 is 2.65 bits per heavy atom.